The Kier molecular flexibility index (Phi) is 4.80. The first-order valence-corrected chi connectivity index (χ1v) is 7.67. The molecule has 2 aromatic rings. The van der Waals surface area contributed by atoms with Crippen molar-refractivity contribution in [2.45, 2.75) is 12.8 Å². The van der Waals surface area contributed by atoms with Gasteiger partial charge in [0.2, 0.25) is 5.95 Å². The lowest BCUT2D eigenvalue weighted by molar-refractivity contribution is 0.0625. The molecule has 1 fully saturated rings. The van der Waals surface area contributed by atoms with E-state index in [-0.39, 0.29) is 17.5 Å². The molecule has 3 rings (SSSR count). The van der Waals surface area contributed by atoms with Crippen molar-refractivity contribution in [1.82, 2.24) is 14.9 Å². The average molecular weight is 315 g/mol. The summed E-state index contributed by atoms with van der Waals surface area (Å²) in [5.41, 5.74) is 0.0506. The van der Waals surface area contributed by atoms with Crippen LogP contribution in [0.25, 0.3) is 0 Å². The van der Waals surface area contributed by atoms with Crippen LogP contribution in [-0.4, -0.2) is 40.5 Å². The van der Waals surface area contributed by atoms with Gasteiger partial charge in [0.1, 0.15) is 11.4 Å². The summed E-state index contributed by atoms with van der Waals surface area (Å²) in [6, 6.07) is 9.61. The van der Waals surface area contributed by atoms with Crippen LogP contribution in [-0.2, 0) is 0 Å². The second-order valence-corrected chi connectivity index (χ2v) is 5.61. The molecule has 1 amide bonds. The number of piperidine rings is 1. The first kappa shape index (κ1) is 15.4. The molecule has 1 aromatic carbocycles. The Hall–Kier alpha value is -2.50. The Morgan fingerprint density at radius 1 is 1.30 bits per heavy atom. The molecular weight excluding hydrogens is 297 g/mol. The van der Waals surface area contributed by atoms with Crippen LogP contribution in [0, 0.1) is 11.9 Å². The molecule has 0 spiro atoms. The Morgan fingerprint density at radius 2 is 2.13 bits per heavy atom. The van der Waals surface area contributed by atoms with Gasteiger partial charge < -0.3 is 9.64 Å². The lowest BCUT2D eigenvalue weighted by Crippen LogP contribution is -2.42. The van der Waals surface area contributed by atoms with E-state index in [2.05, 4.69) is 9.97 Å². The average Bonchev–Trinajstić information content (AvgIpc) is 2.60. The van der Waals surface area contributed by atoms with E-state index >= 15 is 0 Å². The van der Waals surface area contributed by atoms with E-state index in [9.17, 15) is 9.18 Å². The van der Waals surface area contributed by atoms with Crippen molar-refractivity contribution in [2.24, 2.45) is 5.92 Å². The number of halogens is 1. The SMILES string of the molecule is O=C(c1cncc(F)n1)N1CCCC(COc2ccccc2)C1. The molecule has 1 aromatic heterocycles. The molecule has 1 aliphatic heterocycles. The molecule has 0 radical (unpaired) electrons. The summed E-state index contributed by atoms with van der Waals surface area (Å²) >= 11 is 0. The third kappa shape index (κ3) is 4.03. The molecule has 0 aliphatic carbocycles. The van der Waals surface area contributed by atoms with Crippen molar-refractivity contribution >= 4 is 5.91 Å². The lowest BCUT2D eigenvalue weighted by atomic mass is 9.98. The van der Waals surface area contributed by atoms with E-state index in [1.807, 2.05) is 30.3 Å². The number of benzene rings is 1. The van der Waals surface area contributed by atoms with E-state index in [0.29, 0.717) is 19.7 Å². The quantitative estimate of drug-likeness (QED) is 0.870. The molecular formula is C17H18FN3O2. The molecule has 1 atom stereocenters. The second kappa shape index (κ2) is 7.17. The van der Waals surface area contributed by atoms with Crippen molar-refractivity contribution in [3.05, 3.63) is 54.4 Å². The number of carbonyl (C=O) groups excluding carboxylic acids is 1. The van der Waals surface area contributed by atoms with Crippen molar-refractivity contribution < 1.29 is 13.9 Å². The fraction of sp³-hybridized carbons (Fsp3) is 0.353. The summed E-state index contributed by atoms with van der Waals surface area (Å²) in [6.07, 6.45) is 4.20. The monoisotopic (exact) mass is 315 g/mol. The largest absolute Gasteiger partial charge is 0.493 e. The summed E-state index contributed by atoms with van der Waals surface area (Å²) in [5, 5.41) is 0. The van der Waals surface area contributed by atoms with Gasteiger partial charge in [0.15, 0.2) is 0 Å². The topological polar surface area (TPSA) is 55.3 Å². The third-order valence-corrected chi connectivity index (χ3v) is 3.86. The van der Waals surface area contributed by atoms with E-state index in [1.165, 1.54) is 6.20 Å². The maximum absolute atomic E-state index is 13.1. The van der Waals surface area contributed by atoms with Crippen LogP contribution in [0.1, 0.15) is 23.3 Å². The number of nitrogens with zero attached hydrogens (tertiary/aromatic N) is 3. The maximum Gasteiger partial charge on any atom is 0.274 e. The van der Waals surface area contributed by atoms with E-state index in [0.717, 1.165) is 24.8 Å². The minimum Gasteiger partial charge on any atom is -0.493 e. The fourth-order valence-corrected chi connectivity index (χ4v) is 2.72. The second-order valence-electron chi connectivity index (χ2n) is 5.61. The summed E-state index contributed by atoms with van der Waals surface area (Å²) in [4.78, 5) is 21.4. The van der Waals surface area contributed by atoms with Gasteiger partial charge in [-0.15, -0.1) is 0 Å². The van der Waals surface area contributed by atoms with Crippen LogP contribution in [0.15, 0.2) is 42.7 Å². The number of para-hydroxylation sites is 1. The number of aromatic nitrogens is 2. The van der Waals surface area contributed by atoms with Gasteiger partial charge in [0.25, 0.3) is 5.91 Å². The molecule has 120 valence electrons. The number of amides is 1. The number of rotatable bonds is 4. The molecule has 1 unspecified atom stereocenters. The summed E-state index contributed by atoms with van der Waals surface area (Å²) in [7, 11) is 0. The number of hydrogen-bond acceptors (Lipinski definition) is 4. The van der Waals surface area contributed by atoms with Crippen LogP contribution in [0.4, 0.5) is 4.39 Å². The Balaban J connectivity index is 1.58. The van der Waals surface area contributed by atoms with Gasteiger partial charge in [-0.1, -0.05) is 18.2 Å². The van der Waals surface area contributed by atoms with Gasteiger partial charge in [0.05, 0.1) is 19.0 Å². The van der Waals surface area contributed by atoms with Crippen LogP contribution in [0.5, 0.6) is 5.75 Å². The first-order chi connectivity index (χ1) is 11.2. The van der Waals surface area contributed by atoms with Crippen LogP contribution < -0.4 is 4.74 Å². The molecule has 23 heavy (non-hydrogen) atoms. The van der Waals surface area contributed by atoms with Gasteiger partial charge in [-0.05, 0) is 25.0 Å². The zero-order valence-electron chi connectivity index (χ0n) is 12.7. The lowest BCUT2D eigenvalue weighted by Gasteiger charge is -2.32. The minimum absolute atomic E-state index is 0.0506. The van der Waals surface area contributed by atoms with Gasteiger partial charge in [0, 0.05) is 19.0 Å². The van der Waals surface area contributed by atoms with Crippen LogP contribution in [0.3, 0.4) is 0 Å². The van der Waals surface area contributed by atoms with Gasteiger partial charge in [-0.3, -0.25) is 9.78 Å². The summed E-state index contributed by atoms with van der Waals surface area (Å²) in [5.74, 6) is 0.0691. The van der Waals surface area contributed by atoms with Gasteiger partial charge >= 0.3 is 0 Å². The number of ether oxygens (including phenoxy) is 1. The Labute approximate surface area is 134 Å². The first-order valence-electron chi connectivity index (χ1n) is 7.67. The zero-order valence-corrected chi connectivity index (χ0v) is 12.7. The molecule has 0 N–H and O–H groups in total. The van der Waals surface area contributed by atoms with Crippen LogP contribution in [0.2, 0.25) is 0 Å². The third-order valence-electron chi connectivity index (χ3n) is 3.86. The van der Waals surface area contributed by atoms with E-state index < -0.39 is 5.95 Å². The highest BCUT2D eigenvalue weighted by atomic mass is 19.1. The number of hydrogen-bond donors (Lipinski definition) is 0. The molecule has 1 saturated heterocycles. The molecule has 0 saturated carbocycles. The highest BCUT2D eigenvalue weighted by molar-refractivity contribution is 5.92. The van der Waals surface area contributed by atoms with Gasteiger partial charge in [-0.2, -0.15) is 4.39 Å². The Morgan fingerprint density at radius 3 is 2.91 bits per heavy atom. The maximum atomic E-state index is 13.1. The highest BCUT2D eigenvalue weighted by Gasteiger charge is 2.26. The predicted molar refractivity (Wildman–Crippen MR) is 82.6 cm³/mol. The van der Waals surface area contributed by atoms with E-state index in [4.69, 9.17) is 4.74 Å². The minimum atomic E-state index is -0.739. The van der Waals surface area contributed by atoms with E-state index in [1.54, 1.807) is 4.90 Å². The Bertz CT molecular complexity index is 666. The number of likely N-dealkylation sites (tertiary alicyclic amines) is 1. The van der Waals surface area contributed by atoms with Gasteiger partial charge in [-0.25, -0.2) is 4.98 Å². The highest BCUT2D eigenvalue weighted by Crippen LogP contribution is 2.20. The normalized spacial score (nSPS) is 17.8. The molecule has 5 nitrogen and oxygen atoms in total. The van der Waals surface area contributed by atoms with Crippen LogP contribution >= 0.6 is 0 Å². The van der Waals surface area contributed by atoms with Crippen molar-refractivity contribution in [1.29, 1.82) is 0 Å². The van der Waals surface area contributed by atoms with Crippen molar-refractivity contribution in [2.75, 3.05) is 19.7 Å². The fourth-order valence-electron chi connectivity index (χ4n) is 2.72. The zero-order chi connectivity index (χ0) is 16.1. The van der Waals surface area contributed by atoms with Crippen molar-refractivity contribution in [3.63, 3.8) is 0 Å². The van der Waals surface area contributed by atoms with Crippen molar-refractivity contribution in [3.8, 4) is 5.75 Å². The summed E-state index contributed by atoms with van der Waals surface area (Å²) < 4.78 is 18.9. The predicted octanol–water partition coefficient (Wildman–Crippen LogP) is 2.55. The molecule has 6 heteroatoms. The summed E-state index contributed by atoms with van der Waals surface area (Å²) in [6.45, 7) is 1.80. The molecule has 1 aliphatic rings. The smallest absolute Gasteiger partial charge is 0.274 e. The standard InChI is InChI=1S/C17H18FN3O2/c18-16-10-19-9-15(20-16)17(22)21-8-4-5-13(11-21)12-23-14-6-2-1-3-7-14/h1-3,6-7,9-10,13H,4-5,8,11-12H2. The molecule has 0 bridgehead atoms. The number of carbonyl (C=O) groups is 1. The molecule has 2 heterocycles.